The Morgan fingerprint density at radius 3 is 2.25 bits per heavy atom. The second-order valence-electron chi connectivity index (χ2n) is 16.5. The fourth-order valence-electron chi connectivity index (χ4n) is 11.2. The minimum Gasteiger partial charge on any atom is -0.469 e. The third-order valence-corrected chi connectivity index (χ3v) is 14.0. The summed E-state index contributed by atoms with van der Waals surface area (Å²) >= 11 is 0. The van der Waals surface area contributed by atoms with Gasteiger partial charge in [-0.3, -0.25) is 14.4 Å². The number of methoxy groups -OCH3 is 1. The number of fused-ring (bicyclic) bond motifs is 7. The standard InChI is InChI=1S/C34H54N2O4/c1-20(35)27(38)36-25-11-12-32(6)24(29(25,2)3)10-13-34(8)26(32)23(37)18-21-22-19-31(5,28(39)40-9)15-14-30(22,4)16-17-33(21,34)7/h18,20,22,24-26H,10-17,19,35H2,1-9H3,(H,36,38)/t20-,22-,24-,25-,26+,30+,31-,32-,33+,34+/m0/s1. The molecule has 5 aliphatic carbocycles. The molecule has 224 valence electrons. The van der Waals surface area contributed by atoms with E-state index in [2.05, 4.69) is 59.9 Å². The fraction of sp³-hybridized carbons (Fsp3) is 0.853. The maximum atomic E-state index is 14.5. The molecule has 5 aliphatic rings. The second-order valence-corrected chi connectivity index (χ2v) is 16.5. The number of rotatable bonds is 3. The quantitative estimate of drug-likeness (QED) is 0.419. The van der Waals surface area contributed by atoms with Gasteiger partial charge in [0.2, 0.25) is 5.91 Å². The first kappa shape index (κ1) is 29.8. The van der Waals surface area contributed by atoms with E-state index in [1.165, 1.54) is 12.7 Å². The summed E-state index contributed by atoms with van der Waals surface area (Å²) in [6.45, 7) is 18.0. The molecule has 10 atom stereocenters. The largest absolute Gasteiger partial charge is 0.469 e. The van der Waals surface area contributed by atoms with Gasteiger partial charge in [-0.15, -0.1) is 0 Å². The molecule has 4 fully saturated rings. The summed E-state index contributed by atoms with van der Waals surface area (Å²) in [6, 6.07) is -0.470. The average Bonchev–Trinajstić information content (AvgIpc) is 2.87. The van der Waals surface area contributed by atoms with Crippen LogP contribution < -0.4 is 11.1 Å². The zero-order chi connectivity index (χ0) is 29.7. The molecule has 40 heavy (non-hydrogen) atoms. The minimum absolute atomic E-state index is 0.0446. The lowest BCUT2D eigenvalue weighted by Crippen LogP contribution is -2.68. The molecule has 1 amide bonds. The van der Waals surface area contributed by atoms with Crippen molar-refractivity contribution in [2.24, 2.45) is 56.0 Å². The average molecular weight is 555 g/mol. The van der Waals surface area contributed by atoms with Gasteiger partial charge < -0.3 is 15.8 Å². The van der Waals surface area contributed by atoms with Gasteiger partial charge in [0.15, 0.2) is 5.78 Å². The molecule has 0 aliphatic heterocycles. The topological polar surface area (TPSA) is 98.5 Å². The van der Waals surface area contributed by atoms with Crippen LogP contribution in [0.1, 0.15) is 113 Å². The van der Waals surface area contributed by atoms with E-state index in [-0.39, 0.29) is 56.8 Å². The Morgan fingerprint density at radius 2 is 1.62 bits per heavy atom. The van der Waals surface area contributed by atoms with Crippen molar-refractivity contribution in [3.8, 4) is 0 Å². The number of esters is 1. The van der Waals surface area contributed by atoms with Gasteiger partial charge in [0.05, 0.1) is 18.6 Å². The molecule has 0 spiro atoms. The van der Waals surface area contributed by atoms with E-state index in [1.54, 1.807) is 6.92 Å². The Labute approximate surface area is 242 Å². The van der Waals surface area contributed by atoms with Crippen LogP contribution in [0.3, 0.4) is 0 Å². The SMILES string of the molecule is COC(=O)[C@@]1(C)CC[C@]2(C)CC[C@]3(C)C(=CC(=O)[C@@H]4[C@@]5(C)CC[C@H](NC(=O)[C@H](C)N)C(C)(C)[C@@H]5CC[C@]43C)[C@@H]2C1. The van der Waals surface area contributed by atoms with Gasteiger partial charge in [0, 0.05) is 12.0 Å². The molecule has 6 nitrogen and oxygen atoms in total. The Balaban J connectivity index is 1.54. The second kappa shape index (κ2) is 9.15. The summed E-state index contributed by atoms with van der Waals surface area (Å²) < 4.78 is 5.27. The molecule has 4 saturated carbocycles. The summed E-state index contributed by atoms with van der Waals surface area (Å²) in [5.41, 5.74) is 6.34. The summed E-state index contributed by atoms with van der Waals surface area (Å²) in [5, 5.41) is 3.26. The Bertz CT molecular complexity index is 1140. The van der Waals surface area contributed by atoms with E-state index >= 15 is 0 Å². The molecule has 5 rings (SSSR count). The van der Waals surface area contributed by atoms with Crippen molar-refractivity contribution in [3.05, 3.63) is 11.6 Å². The minimum atomic E-state index is -0.528. The van der Waals surface area contributed by atoms with Crippen LogP contribution >= 0.6 is 0 Å². The van der Waals surface area contributed by atoms with Crippen molar-refractivity contribution in [2.75, 3.05) is 7.11 Å². The van der Waals surface area contributed by atoms with Crippen molar-refractivity contribution in [3.63, 3.8) is 0 Å². The maximum Gasteiger partial charge on any atom is 0.311 e. The molecule has 0 unspecified atom stereocenters. The first-order chi connectivity index (χ1) is 18.4. The van der Waals surface area contributed by atoms with E-state index in [9.17, 15) is 14.4 Å². The van der Waals surface area contributed by atoms with E-state index in [1.807, 2.05) is 0 Å². The highest BCUT2D eigenvalue weighted by atomic mass is 16.5. The summed E-state index contributed by atoms with van der Waals surface area (Å²) in [5.74, 6) is 0.600. The molecule has 0 radical (unpaired) electrons. The number of nitrogens with one attached hydrogen (secondary N) is 1. The smallest absolute Gasteiger partial charge is 0.311 e. The molecule has 0 aromatic heterocycles. The van der Waals surface area contributed by atoms with Crippen LogP contribution in [0.25, 0.3) is 0 Å². The van der Waals surface area contributed by atoms with E-state index < -0.39 is 11.5 Å². The van der Waals surface area contributed by atoms with Gasteiger partial charge in [0.1, 0.15) is 0 Å². The highest BCUT2D eigenvalue weighted by molar-refractivity contribution is 5.95. The third kappa shape index (κ3) is 3.86. The van der Waals surface area contributed by atoms with Gasteiger partial charge in [-0.2, -0.15) is 0 Å². The van der Waals surface area contributed by atoms with Crippen molar-refractivity contribution >= 4 is 17.7 Å². The van der Waals surface area contributed by atoms with Crippen LogP contribution in [0.2, 0.25) is 0 Å². The lowest BCUT2D eigenvalue weighted by atomic mass is 9.33. The third-order valence-electron chi connectivity index (χ3n) is 14.0. The molecule has 0 saturated heterocycles. The van der Waals surface area contributed by atoms with Crippen molar-refractivity contribution in [1.29, 1.82) is 0 Å². The lowest BCUT2D eigenvalue weighted by molar-refractivity contribution is -0.190. The number of nitrogens with two attached hydrogens (primary N) is 1. The summed E-state index contributed by atoms with van der Waals surface area (Å²) in [6.07, 6.45) is 10.8. The number of ether oxygens (including phenoxy) is 1. The lowest BCUT2D eigenvalue weighted by Gasteiger charge is -2.70. The van der Waals surface area contributed by atoms with E-state index in [0.29, 0.717) is 11.7 Å². The predicted molar refractivity (Wildman–Crippen MR) is 157 cm³/mol. The molecule has 0 bridgehead atoms. The van der Waals surface area contributed by atoms with E-state index in [4.69, 9.17) is 10.5 Å². The summed E-state index contributed by atoms with van der Waals surface area (Å²) in [4.78, 5) is 40.0. The number of ketones is 1. The monoisotopic (exact) mass is 554 g/mol. The first-order valence-corrected chi connectivity index (χ1v) is 15.8. The highest BCUT2D eigenvalue weighted by Crippen LogP contribution is 2.75. The van der Waals surface area contributed by atoms with Gasteiger partial charge in [0.25, 0.3) is 0 Å². The van der Waals surface area contributed by atoms with Crippen LogP contribution in [0, 0.1) is 50.2 Å². The number of carbonyl (C=O) groups is 3. The van der Waals surface area contributed by atoms with Gasteiger partial charge in [-0.05, 0) is 117 Å². The van der Waals surface area contributed by atoms with Crippen molar-refractivity contribution in [2.45, 2.75) is 125 Å². The first-order valence-electron chi connectivity index (χ1n) is 15.8. The molecule has 0 heterocycles. The summed E-state index contributed by atoms with van der Waals surface area (Å²) in [7, 11) is 1.50. The van der Waals surface area contributed by atoms with Crippen molar-refractivity contribution < 1.29 is 19.1 Å². The van der Waals surface area contributed by atoms with Crippen LogP contribution in [-0.2, 0) is 19.1 Å². The maximum absolute atomic E-state index is 14.5. The van der Waals surface area contributed by atoms with Gasteiger partial charge in [-0.1, -0.05) is 47.1 Å². The fourth-order valence-corrected chi connectivity index (χ4v) is 11.2. The molecule has 6 heteroatoms. The van der Waals surface area contributed by atoms with Gasteiger partial charge >= 0.3 is 5.97 Å². The molecule has 0 aromatic carbocycles. The Hall–Kier alpha value is -1.69. The Morgan fingerprint density at radius 1 is 0.975 bits per heavy atom. The Kier molecular flexibility index (Phi) is 6.82. The van der Waals surface area contributed by atoms with Crippen LogP contribution in [0.15, 0.2) is 11.6 Å². The van der Waals surface area contributed by atoms with Crippen LogP contribution in [-0.4, -0.2) is 36.9 Å². The number of carbonyl (C=O) groups excluding carboxylic acids is 3. The van der Waals surface area contributed by atoms with Crippen LogP contribution in [0.5, 0.6) is 0 Å². The van der Waals surface area contributed by atoms with Gasteiger partial charge in [-0.25, -0.2) is 0 Å². The molecular formula is C34H54N2O4. The van der Waals surface area contributed by atoms with E-state index in [0.717, 1.165) is 57.8 Å². The molecular weight excluding hydrogens is 500 g/mol. The number of amides is 1. The molecule has 3 N–H and O–H groups in total. The normalized spacial score (nSPS) is 48.4. The van der Waals surface area contributed by atoms with Crippen LogP contribution in [0.4, 0.5) is 0 Å². The van der Waals surface area contributed by atoms with Crippen molar-refractivity contribution in [1.82, 2.24) is 5.32 Å². The number of allylic oxidation sites excluding steroid dienone is 2. The zero-order valence-electron chi connectivity index (χ0n) is 26.5. The number of hydrogen-bond acceptors (Lipinski definition) is 5. The highest BCUT2D eigenvalue weighted by Gasteiger charge is 2.70. The predicted octanol–water partition coefficient (Wildman–Crippen LogP) is 5.97. The number of hydrogen-bond donors (Lipinski definition) is 2. The molecule has 0 aromatic rings. The zero-order valence-corrected chi connectivity index (χ0v) is 26.5.